The molecule has 0 aliphatic rings. The van der Waals surface area contributed by atoms with Crippen molar-refractivity contribution in [1.82, 2.24) is 10.3 Å². The average Bonchev–Trinajstić information content (AvgIpc) is 2.53. The zero-order chi connectivity index (χ0) is 17.5. The number of nitrogens with zero attached hydrogens (tertiary/aromatic N) is 1. The Morgan fingerprint density at radius 2 is 1.71 bits per heavy atom. The van der Waals surface area contributed by atoms with Gasteiger partial charge in [0, 0.05) is 24.2 Å². The van der Waals surface area contributed by atoms with Gasteiger partial charge in [0.1, 0.15) is 10.3 Å². The molecule has 0 saturated heterocycles. The van der Waals surface area contributed by atoms with E-state index in [0.717, 1.165) is 17.7 Å². The molecular weight excluding hydrogens is 349 g/mol. The highest BCUT2D eigenvalue weighted by atomic mass is 35.5. The minimum absolute atomic E-state index is 0.00926. The van der Waals surface area contributed by atoms with E-state index < -0.39 is 0 Å². The van der Waals surface area contributed by atoms with Crippen molar-refractivity contribution in [3.63, 3.8) is 0 Å². The number of halogens is 2. The van der Waals surface area contributed by atoms with E-state index in [1.54, 1.807) is 12.1 Å². The predicted molar refractivity (Wildman–Crippen MR) is 95.4 cm³/mol. The van der Waals surface area contributed by atoms with E-state index in [-0.39, 0.29) is 22.1 Å². The number of amides is 2. The van der Waals surface area contributed by atoms with Gasteiger partial charge in [0.15, 0.2) is 0 Å². The van der Waals surface area contributed by atoms with Crippen molar-refractivity contribution in [2.24, 2.45) is 0 Å². The van der Waals surface area contributed by atoms with Gasteiger partial charge in [0.05, 0.1) is 0 Å². The number of rotatable bonds is 6. The van der Waals surface area contributed by atoms with Gasteiger partial charge in [-0.05, 0) is 36.2 Å². The van der Waals surface area contributed by atoms with Crippen LogP contribution in [0.25, 0.3) is 0 Å². The largest absolute Gasteiger partial charge is 0.348 e. The zero-order valence-electron chi connectivity index (χ0n) is 13.1. The maximum Gasteiger partial charge on any atom is 0.251 e. The van der Waals surface area contributed by atoms with Crippen molar-refractivity contribution in [2.75, 3.05) is 5.32 Å². The third-order valence-corrected chi connectivity index (χ3v) is 3.58. The van der Waals surface area contributed by atoms with Crippen molar-refractivity contribution in [3.8, 4) is 0 Å². The lowest BCUT2D eigenvalue weighted by Gasteiger charge is -2.08. The topological polar surface area (TPSA) is 71.1 Å². The summed E-state index contributed by atoms with van der Waals surface area (Å²) < 4.78 is 0. The van der Waals surface area contributed by atoms with Crippen LogP contribution in [-0.4, -0.2) is 16.8 Å². The first kappa shape index (κ1) is 18.2. The van der Waals surface area contributed by atoms with Crippen LogP contribution in [0.4, 0.5) is 5.69 Å². The molecule has 1 aromatic carbocycles. The van der Waals surface area contributed by atoms with E-state index in [4.69, 9.17) is 23.2 Å². The summed E-state index contributed by atoms with van der Waals surface area (Å²) in [6.45, 7) is 2.30. The monoisotopic (exact) mass is 365 g/mol. The second kappa shape index (κ2) is 8.66. The molecule has 0 unspecified atom stereocenters. The van der Waals surface area contributed by atoms with Gasteiger partial charge in [0.25, 0.3) is 5.91 Å². The molecular formula is C17H17Cl2N3O2. The highest BCUT2D eigenvalue weighted by Gasteiger charge is 2.08. The predicted octanol–water partition coefficient (Wildman–Crippen LogP) is 4.06. The smallest absolute Gasteiger partial charge is 0.251 e. The van der Waals surface area contributed by atoms with Crippen LogP contribution in [0.2, 0.25) is 10.3 Å². The molecule has 0 atom stereocenters. The summed E-state index contributed by atoms with van der Waals surface area (Å²) in [4.78, 5) is 27.4. The maximum atomic E-state index is 12.1. The van der Waals surface area contributed by atoms with Gasteiger partial charge >= 0.3 is 0 Å². The average molecular weight is 366 g/mol. The number of hydrogen-bond donors (Lipinski definition) is 2. The number of anilines is 1. The molecule has 0 radical (unpaired) electrons. The van der Waals surface area contributed by atoms with E-state index in [1.165, 1.54) is 12.1 Å². The van der Waals surface area contributed by atoms with Gasteiger partial charge < -0.3 is 10.6 Å². The van der Waals surface area contributed by atoms with E-state index in [9.17, 15) is 9.59 Å². The van der Waals surface area contributed by atoms with Gasteiger partial charge in [-0.2, -0.15) is 0 Å². The zero-order valence-corrected chi connectivity index (χ0v) is 14.6. The van der Waals surface area contributed by atoms with E-state index in [2.05, 4.69) is 15.6 Å². The van der Waals surface area contributed by atoms with Crippen molar-refractivity contribution in [2.45, 2.75) is 26.3 Å². The molecule has 0 bridgehead atoms. The molecule has 126 valence electrons. The summed E-state index contributed by atoms with van der Waals surface area (Å²) in [7, 11) is 0. The van der Waals surface area contributed by atoms with E-state index in [1.807, 2.05) is 19.1 Å². The molecule has 1 aromatic heterocycles. The Hall–Kier alpha value is -2.11. The fourth-order valence-corrected chi connectivity index (χ4v) is 2.50. The Balaban J connectivity index is 1.92. The number of pyridine rings is 1. The van der Waals surface area contributed by atoms with Gasteiger partial charge in [-0.25, -0.2) is 4.98 Å². The third kappa shape index (κ3) is 5.51. The Labute approximate surface area is 150 Å². The number of hydrogen-bond acceptors (Lipinski definition) is 3. The molecule has 0 saturated carbocycles. The Bertz CT molecular complexity index is 713. The van der Waals surface area contributed by atoms with Gasteiger partial charge in [-0.15, -0.1) is 0 Å². The first-order valence-corrected chi connectivity index (χ1v) is 8.23. The molecule has 2 amide bonds. The highest BCUT2D eigenvalue weighted by Crippen LogP contribution is 2.15. The third-order valence-electron chi connectivity index (χ3n) is 3.19. The van der Waals surface area contributed by atoms with Crippen molar-refractivity contribution in [1.29, 1.82) is 0 Å². The first-order valence-electron chi connectivity index (χ1n) is 7.48. The first-order chi connectivity index (χ1) is 11.5. The lowest BCUT2D eigenvalue weighted by atomic mass is 10.2. The van der Waals surface area contributed by atoms with Gasteiger partial charge in [-0.1, -0.05) is 42.3 Å². The van der Waals surface area contributed by atoms with Crippen molar-refractivity contribution in [3.05, 3.63) is 57.8 Å². The van der Waals surface area contributed by atoms with E-state index in [0.29, 0.717) is 18.5 Å². The number of nitrogens with one attached hydrogen (secondary N) is 2. The second-order valence-corrected chi connectivity index (χ2v) is 5.95. The summed E-state index contributed by atoms with van der Waals surface area (Å²) in [6, 6.07) is 10.2. The fraction of sp³-hybridized carbons (Fsp3) is 0.235. The van der Waals surface area contributed by atoms with Crippen molar-refractivity contribution >= 4 is 40.7 Å². The Morgan fingerprint density at radius 3 is 2.29 bits per heavy atom. The summed E-state index contributed by atoms with van der Waals surface area (Å²) in [6.07, 6.45) is 1.30. The highest BCUT2D eigenvalue weighted by molar-refractivity contribution is 6.33. The number of benzene rings is 1. The molecule has 24 heavy (non-hydrogen) atoms. The summed E-state index contributed by atoms with van der Waals surface area (Å²) in [5.74, 6) is -0.300. The molecule has 0 fully saturated rings. The van der Waals surface area contributed by atoms with Crippen LogP contribution in [-0.2, 0) is 11.3 Å². The summed E-state index contributed by atoms with van der Waals surface area (Å²) in [5.41, 5.74) is 1.99. The van der Waals surface area contributed by atoms with Crippen LogP contribution in [0, 0.1) is 0 Å². The van der Waals surface area contributed by atoms with Crippen LogP contribution >= 0.6 is 23.2 Å². The SMILES string of the molecule is CCCC(=O)Nc1ccc(CNC(=O)c2cc(Cl)nc(Cl)c2)cc1. The van der Waals surface area contributed by atoms with Crippen LogP contribution in [0.5, 0.6) is 0 Å². The standard InChI is InChI=1S/C17H17Cl2N3O2/c1-2-3-16(23)21-13-6-4-11(5-7-13)10-20-17(24)12-8-14(18)22-15(19)9-12/h4-9H,2-3,10H2,1H3,(H,20,24)(H,21,23). The molecule has 0 spiro atoms. The molecule has 5 nitrogen and oxygen atoms in total. The van der Waals surface area contributed by atoms with E-state index >= 15 is 0 Å². The Morgan fingerprint density at radius 1 is 1.08 bits per heavy atom. The van der Waals surface area contributed by atoms with Crippen LogP contribution < -0.4 is 10.6 Å². The molecule has 0 aliphatic carbocycles. The number of carbonyl (C=O) groups excluding carboxylic acids is 2. The quantitative estimate of drug-likeness (QED) is 0.758. The van der Waals surface area contributed by atoms with Crippen LogP contribution in [0.1, 0.15) is 35.7 Å². The number of carbonyl (C=O) groups is 2. The van der Waals surface area contributed by atoms with Crippen LogP contribution in [0.3, 0.4) is 0 Å². The summed E-state index contributed by atoms with van der Waals surface area (Å²) >= 11 is 11.6. The molecule has 0 aliphatic heterocycles. The minimum Gasteiger partial charge on any atom is -0.348 e. The molecule has 2 aromatic rings. The minimum atomic E-state index is -0.290. The number of aromatic nitrogens is 1. The normalized spacial score (nSPS) is 10.3. The maximum absolute atomic E-state index is 12.1. The fourth-order valence-electron chi connectivity index (χ4n) is 2.04. The van der Waals surface area contributed by atoms with Gasteiger partial charge in [0.2, 0.25) is 5.91 Å². The van der Waals surface area contributed by atoms with Gasteiger partial charge in [-0.3, -0.25) is 9.59 Å². The Kier molecular flexibility index (Phi) is 6.58. The lowest BCUT2D eigenvalue weighted by molar-refractivity contribution is -0.116. The van der Waals surface area contributed by atoms with Crippen molar-refractivity contribution < 1.29 is 9.59 Å². The summed E-state index contributed by atoms with van der Waals surface area (Å²) in [5, 5.41) is 5.92. The molecule has 2 rings (SSSR count). The molecule has 1 heterocycles. The van der Waals surface area contributed by atoms with Crippen LogP contribution in [0.15, 0.2) is 36.4 Å². The lowest BCUT2D eigenvalue weighted by Crippen LogP contribution is -2.22. The molecule has 2 N–H and O–H groups in total. The molecule has 7 heteroatoms. The second-order valence-electron chi connectivity index (χ2n) is 5.18.